The van der Waals surface area contributed by atoms with Crippen LogP contribution in [0.25, 0.3) is 0 Å². The maximum absolute atomic E-state index is 14.5. The summed E-state index contributed by atoms with van der Waals surface area (Å²) >= 11 is 0. The summed E-state index contributed by atoms with van der Waals surface area (Å²) < 4.78 is 21.2. The van der Waals surface area contributed by atoms with Crippen LogP contribution in [0.15, 0.2) is 6.20 Å². The van der Waals surface area contributed by atoms with Gasteiger partial charge in [-0.05, 0) is 40.5 Å². The van der Waals surface area contributed by atoms with E-state index in [4.69, 9.17) is 4.74 Å². The molecule has 2 N–H and O–H groups in total. The highest BCUT2D eigenvalue weighted by Gasteiger charge is 2.32. The van der Waals surface area contributed by atoms with Crippen molar-refractivity contribution in [1.82, 2.24) is 20.6 Å². The monoisotopic (exact) mass is 386 g/mol. The molecule has 2 unspecified atom stereocenters. The number of nitrogens with one attached hydrogen (secondary N) is 2. The van der Waals surface area contributed by atoms with E-state index in [2.05, 4.69) is 16.0 Å². The van der Waals surface area contributed by atoms with Crippen LogP contribution < -0.4 is 15.8 Å². The van der Waals surface area contributed by atoms with Gasteiger partial charge < -0.3 is 9.64 Å². The molecule has 0 aromatic carbocycles. The largest absolute Gasteiger partial charge is 0.443 e. The molecule has 1 amide bonds. The predicted molar refractivity (Wildman–Crippen MR) is 97.2 cm³/mol. The van der Waals surface area contributed by atoms with E-state index in [-0.39, 0.29) is 12.1 Å². The molecule has 152 valence electrons. The number of aryl methyl sites for hydroxylation is 1. The minimum absolute atomic E-state index is 0.0921. The Balaban J connectivity index is 2.03. The molecule has 1 saturated heterocycles. The topological polar surface area (TPSA) is 115 Å². The van der Waals surface area contributed by atoms with Crippen molar-refractivity contribution in [2.24, 2.45) is 0 Å². The number of carbonyl (C=O) groups excluding carboxylic acids is 1. The summed E-state index contributed by atoms with van der Waals surface area (Å²) in [4.78, 5) is 24.3. The summed E-state index contributed by atoms with van der Waals surface area (Å²) in [5, 5.41) is 15.3. The molecule has 11 heteroatoms. The zero-order valence-corrected chi connectivity index (χ0v) is 16.1. The van der Waals surface area contributed by atoms with Crippen molar-refractivity contribution < 1.29 is 18.8 Å². The Bertz CT molecular complexity index is 674. The zero-order chi connectivity index (χ0) is 20.2. The molecule has 1 aliphatic rings. The van der Waals surface area contributed by atoms with Gasteiger partial charge in [0.15, 0.2) is 0 Å². The summed E-state index contributed by atoms with van der Waals surface area (Å²) in [5.41, 5.74) is 4.31. The molecule has 27 heavy (non-hydrogen) atoms. The van der Waals surface area contributed by atoms with Gasteiger partial charge in [-0.3, -0.25) is 15.5 Å². The number of carbonyl (C=O) groups is 1. The smallest absolute Gasteiger partial charge is 0.422 e. The van der Waals surface area contributed by atoms with Crippen molar-refractivity contribution in [3.8, 4) is 0 Å². The molecule has 2 heterocycles. The van der Waals surface area contributed by atoms with E-state index in [0.29, 0.717) is 31.9 Å². The number of halogens is 1. The normalized spacial score (nSPS) is 20.9. The molecule has 0 spiro atoms. The van der Waals surface area contributed by atoms with Crippen molar-refractivity contribution in [2.45, 2.75) is 64.9 Å². The molecule has 1 aromatic rings. The number of aromatic nitrogens is 2. The van der Waals surface area contributed by atoms with Crippen molar-refractivity contribution in [2.75, 3.05) is 18.0 Å². The van der Waals surface area contributed by atoms with Crippen LogP contribution in [0.5, 0.6) is 0 Å². The number of anilines is 1. The van der Waals surface area contributed by atoms with Gasteiger partial charge in [-0.15, -0.1) is 0 Å². The van der Waals surface area contributed by atoms with Gasteiger partial charge in [0.2, 0.25) is 5.82 Å². The summed E-state index contributed by atoms with van der Waals surface area (Å²) in [6.07, 6.45) is -0.170. The average Bonchev–Trinajstić information content (AvgIpc) is 2.91. The second-order valence-electron chi connectivity index (χ2n) is 7.38. The lowest BCUT2D eigenvalue weighted by molar-refractivity contribution is -0.384. The van der Waals surface area contributed by atoms with Crippen molar-refractivity contribution >= 4 is 17.6 Å². The minimum atomic E-state index is -1.22. The van der Waals surface area contributed by atoms with Crippen LogP contribution in [0.4, 0.5) is 20.7 Å². The fraction of sp³-hybridized carbons (Fsp3) is 0.750. The molecule has 1 aromatic heterocycles. The van der Waals surface area contributed by atoms with E-state index < -0.39 is 28.8 Å². The molecule has 1 aliphatic heterocycles. The lowest BCUT2D eigenvalue weighted by Gasteiger charge is -2.24. The average molecular weight is 386 g/mol. The fourth-order valence-electron chi connectivity index (χ4n) is 2.95. The summed E-state index contributed by atoms with van der Waals surface area (Å²) in [7, 11) is 0. The van der Waals surface area contributed by atoms with Crippen molar-refractivity contribution in [1.29, 1.82) is 0 Å². The standard InChI is InChI=1S/C16H27FN6O4/c1-5-22-14(13(10-18-22)23(25)26)21-8-6-11(17)12(7-9-21)19-20-15(24)27-16(2,3)4/h10-12,19H,5-9H2,1-4H3,(H,20,24). The number of hydrazine groups is 1. The number of alkyl halides is 1. The lowest BCUT2D eigenvalue weighted by atomic mass is 10.1. The number of rotatable bonds is 5. The van der Waals surface area contributed by atoms with E-state index in [9.17, 15) is 19.3 Å². The predicted octanol–water partition coefficient (Wildman–Crippen LogP) is 2.15. The molecule has 2 atom stereocenters. The highest BCUT2D eigenvalue weighted by atomic mass is 19.1. The van der Waals surface area contributed by atoms with Gasteiger partial charge in [-0.2, -0.15) is 5.10 Å². The molecule has 0 bridgehead atoms. The molecule has 0 radical (unpaired) electrons. The van der Waals surface area contributed by atoms with Gasteiger partial charge in [0, 0.05) is 19.6 Å². The molecule has 2 rings (SSSR count). The molecular weight excluding hydrogens is 359 g/mol. The van der Waals surface area contributed by atoms with Gasteiger partial charge in [-0.25, -0.2) is 19.3 Å². The third kappa shape index (κ3) is 5.52. The maximum atomic E-state index is 14.5. The second-order valence-corrected chi connectivity index (χ2v) is 7.38. The van der Waals surface area contributed by atoms with Crippen LogP contribution in [0, 0.1) is 10.1 Å². The summed E-state index contributed by atoms with van der Waals surface area (Å²) in [5.74, 6) is 0.385. The quantitative estimate of drug-likeness (QED) is 0.588. The van der Waals surface area contributed by atoms with E-state index in [0.717, 1.165) is 0 Å². The minimum Gasteiger partial charge on any atom is -0.443 e. The number of hydrogen-bond donors (Lipinski definition) is 2. The summed E-state index contributed by atoms with van der Waals surface area (Å²) in [6.45, 7) is 8.22. The number of amides is 1. The first kappa shape index (κ1) is 20.9. The Kier molecular flexibility index (Phi) is 6.58. The third-order valence-electron chi connectivity index (χ3n) is 4.17. The first-order valence-electron chi connectivity index (χ1n) is 8.96. The van der Waals surface area contributed by atoms with Crippen LogP contribution in [0.1, 0.15) is 40.5 Å². The van der Waals surface area contributed by atoms with E-state index in [1.54, 1.807) is 25.7 Å². The number of ether oxygens (including phenoxy) is 1. The Hall–Kier alpha value is -2.43. The van der Waals surface area contributed by atoms with Gasteiger partial charge >= 0.3 is 11.8 Å². The fourth-order valence-corrected chi connectivity index (χ4v) is 2.95. The van der Waals surface area contributed by atoms with Crippen molar-refractivity contribution in [3.05, 3.63) is 16.3 Å². The summed E-state index contributed by atoms with van der Waals surface area (Å²) in [6, 6.07) is -0.625. The number of nitro groups is 1. The molecular formula is C16H27FN6O4. The maximum Gasteiger partial charge on any atom is 0.422 e. The molecule has 0 aliphatic carbocycles. The first-order chi connectivity index (χ1) is 12.6. The SMILES string of the molecule is CCn1ncc([N+](=O)[O-])c1N1CCC(F)C(NNC(=O)OC(C)(C)C)CC1. The highest BCUT2D eigenvalue weighted by Crippen LogP contribution is 2.30. The van der Waals surface area contributed by atoms with Gasteiger partial charge in [0.1, 0.15) is 18.0 Å². The first-order valence-corrected chi connectivity index (χ1v) is 8.96. The van der Waals surface area contributed by atoms with E-state index in [1.807, 2.05) is 6.92 Å². The Labute approximate surface area is 157 Å². The van der Waals surface area contributed by atoms with Gasteiger partial charge in [-0.1, -0.05) is 0 Å². The van der Waals surface area contributed by atoms with Gasteiger partial charge in [0.25, 0.3) is 0 Å². The van der Waals surface area contributed by atoms with E-state index >= 15 is 0 Å². The van der Waals surface area contributed by atoms with Crippen molar-refractivity contribution in [3.63, 3.8) is 0 Å². The molecule has 1 fully saturated rings. The Morgan fingerprint density at radius 3 is 2.70 bits per heavy atom. The second kappa shape index (κ2) is 8.51. The Morgan fingerprint density at radius 1 is 1.44 bits per heavy atom. The molecule has 0 saturated carbocycles. The van der Waals surface area contributed by atoms with Crippen LogP contribution >= 0.6 is 0 Å². The van der Waals surface area contributed by atoms with Gasteiger partial charge in [0.05, 0.1) is 11.0 Å². The Morgan fingerprint density at radius 2 is 2.11 bits per heavy atom. The van der Waals surface area contributed by atoms with Crippen LogP contribution in [0.3, 0.4) is 0 Å². The van der Waals surface area contributed by atoms with E-state index in [1.165, 1.54) is 10.9 Å². The van der Waals surface area contributed by atoms with Crippen LogP contribution in [-0.4, -0.2) is 51.7 Å². The highest BCUT2D eigenvalue weighted by molar-refractivity contribution is 5.67. The third-order valence-corrected chi connectivity index (χ3v) is 4.17. The number of nitrogens with zero attached hydrogens (tertiary/aromatic N) is 4. The van der Waals surface area contributed by atoms with Crippen LogP contribution in [-0.2, 0) is 11.3 Å². The molecule has 10 nitrogen and oxygen atoms in total. The zero-order valence-electron chi connectivity index (χ0n) is 16.1. The van der Waals surface area contributed by atoms with Crippen LogP contribution in [0.2, 0.25) is 0 Å². The lowest BCUT2D eigenvalue weighted by Crippen LogP contribution is -2.50. The number of hydrogen-bond acceptors (Lipinski definition) is 7.